The van der Waals surface area contributed by atoms with Crippen LogP contribution >= 0.6 is 11.3 Å². The molecule has 1 rings (SSSR count). The van der Waals surface area contributed by atoms with Crippen LogP contribution in [0.5, 0.6) is 0 Å². The standard InChI is InChI=1S/C11H15NO3S/c1-5-15-11(14)8-6-16-9(7(8)2)10(13)12(3)4/h6H,5H2,1-4H3. The van der Waals surface area contributed by atoms with Crippen molar-refractivity contribution in [2.24, 2.45) is 0 Å². The second kappa shape index (κ2) is 5.12. The second-order valence-electron chi connectivity index (χ2n) is 3.52. The molecular weight excluding hydrogens is 226 g/mol. The highest BCUT2D eigenvalue weighted by Gasteiger charge is 2.20. The van der Waals surface area contributed by atoms with Crippen LogP contribution in [0.25, 0.3) is 0 Å². The van der Waals surface area contributed by atoms with Crippen molar-refractivity contribution in [2.75, 3.05) is 20.7 Å². The minimum absolute atomic E-state index is 0.0851. The summed E-state index contributed by atoms with van der Waals surface area (Å²) in [6, 6.07) is 0. The van der Waals surface area contributed by atoms with E-state index in [9.17, 15) is 9.59 Å². The Labute approximate surface area is 98.8 Å². The molecule has 0 radical (unpaired) electrons. The van der Waals surface area contributed by atoms with Crippen LogP contribution in [0.15, 0.2) is 5.38 Å². The predicted molar refractivity (Wildman–Crippen MR) is 63.0 cm³/mol. The Morgan fingerprint density at radius 1 is 1.44 bits per heavy atom. The Hall–Kier alpha value is -1.36. The van der Waals surface area contributed by atoms with Gasteiger partial charge in [-0.1, -0.05) is 0 Å². The fourth-order valence-electron chi connectivity index (χ4n) is 1.24. The quantitative estimate of drug-likeness (QED) is 0.760. The third-order valence-electron chi connectivity index (χ3n) is 2.13. The zero-order valence-electron chi connectivity index (χ0n) is 9.86. The van der Waals surface area contributed by atoms with Crippen LogP contribution in [0.3, 0.4) is 0 Å². The van der Waals surface area contributed by atoms with Gasteiger partial charge in [-0.2, -0.15) is 0 Å². The van der Waals surface area contributed by atoms with Crippen molar-refractivity contribution in [2.45, 2.75) is 13.8 Å². The fourth-order valence-corrected chi connectivity index (χ4v) is 2.32. The maximum absolute atomic E-state index is 11.7. The van der Waals surface area contributed by atoms with Crippen molar-refractivity contribution in [3.05, 3.63) is 21.4 Å². The van der Waals surface area contributed by atoms with Gasteiger partial charge in [-0.15, -0.1) is 11.3 Å². The van der Waals surface area contributed by atoms with Crippen molar-refractivity contribution < 1.29 is 14.3 Å². The molecule has 1 heterocycles. The van der Waals surface area contributed by atoms with E-state index in [-0.39, 0.29) is 11.9 Å². The van der Waals surface area contributed by atoms with E-state index in [1.807, 2.05) is 0 Å². The van der Waals surface area contributed by atoms with Gasteiger partial charge in [-0.3, -0.25) is 4.79 Å². The highest BCUT2D eigenvalue weighted by atomic mass is 32.1. The Kier molecular flexibility index (Phi) is 4.06. The number of rotatable bonds is 3. The molecule has 0 saturated heterocycles. The molecule has 0 aromatic carbocycles. The molecule has 88 valence electrons. The molecular formula is C11H15NO3S. The van der Waals surface area contributed by atoms with E-state index in [4.69, 9.17) is 4.74 Å². The number of ether oxygens (including phenoxy) is 1. The van der Waals surface area contributed by atoms with Crippen molar-refractivity contribution in [3.8, 4) is 0 Å². The third kappa shape index (κ3) is 2.41. The normalized spacial score (nSPS) is 10.0. The van der Waals surface area contributed by atoms with Crippen LogP contribution in [0.2, 0.25) is 0 Å². The number of nitrogens with zero attached hydrogens (tertiary/aromatic N) is 1. The van der Waals surface area contributed by atoms with Crippen LogP contribution in [0.1, 0.15) is 32.5 Å². The number of thiophene rings is 1. The fraction of sp³-hybridized carbons (Fsp3) is 0.455. The third-order valence-corrected chi connectivity index (χ3v) is 3.21. The molecule has 0 N–H and O–H groups in total. The summed E-state index contributed by atoms with van der Waals surface area (Å²) in [5.74, 6) is -0.452. The van der Waals surface area contributed by atoms with E-state index in [1.165, 1.54) is 16.2 Å². The summed E-state index contributed by atoms with van der Waals surface area (Å²) in [5, 5.41) is 1.67. The molecule has 0 unspecified atom stereocenters. The van der Waals surface area contributed by atoms with Crippen molar-refractivity contribution in [1.29, 1.82) is 0 Å². The minimum atomic E-state index is -0.367. The van der Waals surface area contributed by atoms with Crippen LogP contribution in [0, 0.1) is 6.92 Å². The van der Waals surface area contributed by atoms with E-state index in [2.05, 4.69) is 0 Å². The van der Waals surface area contributed by atoms with Gasteiger partial charge in [0.15, 0.2) is 0 Å². The first kappa shape index (κ1) is 12.7. The van der Waals surface area contributed by atoms with Gasteiger partial charge in [0.05, 0.1) is 17.0 Å². The van der Waals surface area contributed by atoms with Crippen molar-refractivity contribution >= 4 is 23.2 Å². The van der Waals surface area contributed by atoms with E-state index in [1.54, 1.807) is 33.3 Å². The molecule has 5 heteroatoms. The summed E-state index contributed by atoms with van der Waals surface area (Å²) < 4.78 is 4.91. The van der Waals surface area contributed by atoms with Crippen LogP contribution in [0.4, 0.5) is 0 Å². The monoisotopic (exact) mass is 241 g/mol. The zero-order valence-corrected chi connectivity index (χ0v) is 10.7. The van der Waals surface area contributed by atoms with Gasteiger partial charge >= 0.3 is 5.97 Å². The van der Waals surface area contributed by atoms with Gasteiger partial charge in [0.2, 0.25) is 0 Å². The van der Waals surface area contributed by atoms with E-state index >= 15 is 0 Å². The molecule has 1 aromatic rings. The summed E-state index contributed by atoms with van der Waals surface area (Å²) in [6.45, 7) is 3.86. The summed E-state index contributed by atoms with van der Waals surface area (Å²) in [7, 11) is 3.37. The molecule has 0 fully saturated rings. The molecule has 0 atom stereocenters. The van der Waals surface area contributed by atoms with Gasteiger partial charge < -0.3 is 9.64 Å². The number of amides is 1. The highest BCUT2D eigenvalue weighted by Crippen LogP contribution is 2.23. The maximum atomic E-state index is 11.7. The second-order valence-corrected chi connectivity index (χ2v) is 4.40. The largest absolute Gasteiger partial charge is 0.462 e. The first-order chi connectivity index (χ1) is 7.49. The molecule has 0 aliphatic carbocycles. The van der Waals surface area contributed by atoms with Gasteiger partial charge in [-0.25, -0.2) is 4.79 Å². The molecule has 0 saturated carbocycles. The first-order valence-electron chi connectivity index (χ1n) is 4.95. The summed E-state index contributed by atoms with van der Waals surface area (Å²) in [4.78, 5) is 25.4. The number of carbonyl (C=O) groups excluding carboxylic acids is 2. The van der Waals surface area contributed by atoms with Crippen molar-refractivity contribution in [1.82, 2.24) is 4.90 Å². The molecule has 0 aliphatic heterocycles. The molecule has 16 heavy (non-hydrogen) atoms. The molecule has 4 nitrogen and oxygen atoms in total. The SMILES string of the molecule is CCOC(=O)c1csc(C(=O)N(C)C)c1C. The predicted octanol–water partition coefficient (Wildman–Crippen LogP) is 1.94. The van der Waals surface area contributed by atoms with Crippen molar-refractivity contribution in [3.63, 3.8) is 0 Å². The van der Waals surface area contributed by atoms with Gasteiger partial charge in [0.25, 0.3) is 5.91 Å². The smallest absolute Gasteiger partial charge is 0.339 e. The lowest BCUT2D eigenvalue weighted by Gasteiger charge is -2.09. The Morgan fingerprint density at radius 3 is 2.56 bits per heavy atom. The van der Waals surface area contributed by atoms with E-state index < -0.39 is 0 Å². The average Bonchev–Trinajstić information content (AvgIpc) is 2.59. The lowest BCUT2D eigenvalue weighted by atomic mass is 10.1. The number of hydrogen-bond acceptors (Lipinski definition) is 4. The van der Waals surface area contributed by atoms with Gasteiger partial charge in [-0.05, 0) is 19.4 Å². The zero-order chi connectivity index (χ0) is 12.3. The Morgan fingerprint density at radius 2 is 2.06 bits per heavy atom. The molecule has 1 amide bonds. The molecule has 0 aliphatic rings. The first-order valence-corrected chi connectivity index (χ1v) is 5.83. The highest BCUT2D eigenvalue weighted by molar-refractivity contribution is 7.12. The molecule has 0 spiro atoms. The van der Waals surface area contributed by atoms with Gasteiger partial charge in [0, 0.05) is 19.5 Å². The molecule has 1 aromatic heterocycles. The summed E-state index contributed by atoms with van der Waals surface area (Å²) in [6.07, 6.45) is 0. The van der Waals surface area contributed by atoms with E-state index in [0.29, 0.717) is 22.6 Å². The lowest BCUT2D eigenvalue weighted by molar-refractivity contribution is 0.0526. The van der Waals surface area contributed by atoms with Crippen LogP contribution in [-0.4, -0.2) is 37.5 Å². The summed E-state index contributed by atoms with van der Waals surface area (Å²) in [5.41, 5.74) is 1.18. The maximum Gasteiger partial charge on any atom is 0.339 e. The topological polar surface area (TPSA) is 46.6 Å². The number of carbonyl (C=O) groups is 2. The van der Waals surface area contributed by atoms with Crippen LogP contribution in [-0.2, 0) is 4.74 Å². The molecule has 0 bridgehead atoms. The Balaban J connectivity index is 3.01. The van der Waals surface area contributed by atoms with Gasteiger partial charge in [0.1, 0.15) is 0 Å². The number of esters is 1. The summed E-state index contributed by atoms with van der Waals surface area (Å²) >= 11 is 1.27. The minimum Gasteiger partial charge on any atom is -0.462 e. The van der Waals surface area contributed by atoms with Crippen LogP contribution < -0.4 is 0 Å². The number of hydrogen-bond donors (Lipinski definition) is 0. The van der Waals surface area contributed by atoms with E-state index in [0.717, 1.165) is 0 Å². The Bertz CT molecular complexity index is 409. The lowest BCUT2D eigenvalue weighted by Crippen LogP contribution is -2.21. The average molecular weight is 241 g/mol.